The fraction of sp³-hybridized carbons (Fsp3) is 0.462. The third-order valence-electron chi connectivity index (χ3n) is 3.30. The third kappa shape index (κ3) is 4.26. The van der Waals surface area contributed by atoms with Crippen LogP contribution in [-0.2, 0) is 6.54 Å². The monoisotopic (exact) mass is 327 g/mol. The van der Waals surface area contributed by atoms with Crippen molar-refractivity contribution < 1.29 is 4.79 Å². The smallest absolute Gasteiger partial charge is 0.273 e. The predicted molar refractivity (Wildman–Crippen MR) is 84.0 cm³/mol. The van der Waals surface area contributed by atoms with Gasteiger partial charge >= 0.3 is 0 Å². The van der Waals surface area contributed by atoms with Crippen LogP contribution in [0.2, 0.25) is 0 Å². The van der Waals surface area contributed by atoms with Gasteiger partial charge in [0, 0.05) is 17.5 Å². The van der Waals surface area contributed by atoms with Crippen molar-refractivity contribution in [1.82, 2.24) is 25.6 Å². The van der Waals surface area contributed by atoms with Crippen LogP contribution in [0, 0.1) is 0 Å². The largest absolute Gasteiger partial charge is 0.347 e. The minimum atomic E-state index is -0.142. The molecule has 2 aromatic heterocycles. The molecule has 21 heavy (non-hydrogen) atoms. The van der Waals surface area contributed by atoms with Crippen molar-refractivity contribution in [2.75, 3.05) is 13.1 Å². The Morgan fingerprint density at radius 2 is 2.48 bits per heavy atom. The molecule has 1 saturated heterocycles. The van der Waals surface area contributed by atoms with Crippen LogP contribution in [0.1, 0.15) is 28.2 Å². The number of nitrogens with one attached hydrogen (secondary N) is 2. The van der Waals surface area contributed by atoms with Gasteiger partial charge in [-0.15, -0.1) is 28.8 Å². The number of rotatable bonds is 4. The van der Waals surface area contributed by atoms with Gasteiger partial charge in [0.2, 0.25) is 0 Å². The molecule has 2 N–H and O–H groups in total. The maximum atomic E-state index is 12.1. The van der Waals surface area contributed by atoms with Crippen LogP contribution in [0.15, 0.2) is 23.7 Å². The number of hydrogen-bond acceptors (Lipinski definition) is 5. The van der Waals surface area contributed by atoms with E-state index in [0.717, 1.165) is 25.9 Å². The fourth-order valence-electron chi connectivity index (χ4n) is 2.28. The number of carbonyl (C=O) groups excluding carboxylic acids is 1. The Hall–Kier alpha value is -1.44. The number of halogens is 1. The van der Waals surface area contributed by atoms with E-state index < -0.39 is 0 Å². The highest BCUT2D eigenvalue weighted by Gasteiger charge is 2.18. The lowest BCUT2D eigenvalue weighted by Gasteiger charge is -2.23. The second-order valence-corrected chi connectivity index (χ2v) is 5.93. The summed E-state index contributed by atoms with van der Waals surface area (Å²) >= 11 is 1.67. The minimum absolute atomic E-state index is 0. The molecule has 3 heterocycles. The third-order valence-corrected chi connectivity index (χ3v) is 4.16. The molecule has 0 aliphatic carbocycles. The van der Waals surface area contributed by atoms with Gasteiger partial charge < -0.3 is 10.6 Å². The normalized spacial score (nSPS) is 18.0. The van der Waals surface area contributed by atoms with Crippen LogP contribution in [0.3, 0.4) is 0 Å². The Kier molecular flexibility index (Phi) is 5.72. The quantitative estimate of drug-likeness (QED) is 0.887. The van der Waals surface area contributed by atoms with Gasteiger partial charge in [0.1, 0.15) is 0 Å². The molecule has 0 aromatic carbocycles. The predicted octanol–water partition coefficient (Wildman–Crippen LogP) is 1.29. The summed E-state index contributed by atoms with van der Waals surface area (Å²) in [5.74, 6) is -0.142. The molecule has 3 rings (SSSR count). The van der Waals surface area contributed by atoms with Crippen LogP contribution >= 0.6 is 23.7 Å². The van der Waals surface area contributed by atoms with E-state index in [1.54, 1.807) is 22.2 Å². The first-order chi connectivity index (χ1) is 9.81. The molecule has 1 amide bonds. The molecule has 114 valence electrons. The van der Waals surface area contributed by atoms with E-state index in [4.69, 9.17) is 0 Å². The maximum Gasteiger partial charge on any atom is 0.273 e. The van der Waals surface area contributed by atoms with E-state index in [1.807, 2.05) is 17.5 Å². The molecule has 1 atom stereocenters. The Morgan fingerprint density at radius 1 is 1.57 bits per heavy atom. The number of thiophene rings is 1. The van der Waals surface area contributed by atoms with E-state index in [9.17, 15) is 4.79 Å². The summed E-state index contributed by atoms with van der Waals surface area (Å²) in [4.78, 5) is 13.3. The lowest BCUT2D eigenvalue weighted by Crippen LogP contribution is -2.45. The molecular weight excluding hydrogens is 310 g/mol. The van der Waals surface area contributed by atoms with Crippen molar-refractivity contribution in [2.24, 2.45) is 0 Å². The van der Waals surface area contributed by atoms with Crippen LogP contribution in [0.25, 0.3) is 0 Å². The number of aromatic nitrogens is 3. The van der Waals surface area contributed by atoms with Gasteiger partial charge in [-0.25, -0.2) is 4.68 Å². The van der Waals surface area contributed by atoms with Gasteiger partial charge in [-0.3, -0.25) is 4.79 Å². The lowest BCUT2D eigenvalue weighted by molar-refractivity contribution is 0.0925. The summed E-state index contributed by atoms with van der Waals surface area (Å²) in [6.07, 6.45) is 3.81. The minimum Gasteiger partial charge on any atom is -0.347 e. The summed E-state index contributed by atoms with van der Waals surface area (Å²) in [6.45, 7) is 2.52. The zero-order valence-corrected chi connectivity index (χ0v) is 13.1. The van der Waals surface area contributed by atoms with Crippen LogP contribution < -0.4 is 10.6 Å². The molecule has 1 aliphatic rings. The van der Waals surface area contributed by atoms with Crippen molar-refractivity contribution in [1.29, 1.82) is 0 Å². The highest BCUT2D eigenvalue weighted by molar-refractivity contribution is 7.09. The Balaban J connectivity index is 0.00000161. The molecule has 1 fully saturated rings. The van der Waals surface area contributed by atoms with Gasteiger partial charge in [-0.2, -0.15) is 0 Å². The van der Waals surface area contributed by atoms with Crippen molar-refractivity contribution >= 4 is 29.7 Å². The highest BCUT2D eigenvalue weighted by Crippen LogP contribution is 2.10. The van der Waals surface area contributed by atoms with Gasteiger partial charge in [0.25, 0.3) is 5.91 Å². The van der Waals surface area contributed by atoms with Gasteiger partial charge in [-0.1, -0.05) is 11.3 Å². The second kappa shape index (κ2) is 7.53. The maximum absolute atomic E-state index is 12.1. The molecule has 0 saturated carbocycles. The van der Waals surface area contributed by atoms with Crippen molar-refractivity contribution in [3.63, 3.8) is 0 Å². The van der Waals surface area contributed by atoms with Crippen molar-refractivity contribution in [3.05, 3.63) is 34.3 Å². The summed E-state index contributed by atoms with van der Waals surface area (Å²) < 4.78 is 1.69. The average Bonchev–Trinajstić information content (AvgIpc) is 3.12. The van der Waals surface area contributed by atoms with Crippen molar-refractivity contribution in [2.45, 2.75) is 25.4 Å². The standard InChI is InChI=1S/C13H17N5OS.ClH/c19-13(15-10-3-1-5-14-7-10)12-9-18(17-16-12)8-11-4-2-6-20-11;/h2,4,6,9-10,14H,1,3,5,7-8H2,(H,15,19);1H. The zero-order valence-electron chi connectivity index (χ0n) is 11.5. The van der Waals surface area contributed by atoms with Gasteiger partial charge in [0.15, 0.2) is 5.69 Å². The van der Waals surface area contributed by atoms with Crippen LogP contribution in [0.4, 0.5) is 0 Å². The zero-order chi connectivity index (χ0) is 13.8. The number of nitrogens with zero attached hydrogens (tertiary/aromatic N) is 3. The fourth-order valence-corrected chi connectivity index (χ4v) is 2.97. The Bertz CT molecular complexity index is 565. The molecule has 1 aliphatic heterocycles. The number of carbonyl (C=O) groups is 1. The second-order valence-electron chi connectivity index (χ2n) is 4.90. The summed E-state index contributed by atoms with van der Waals surface area (Å²) in [5.41, 5.74) is 0.382. The van der Waals surface area contributed by atoms with Crippen LogP contribution in [-0.4, -0.2) is 40.0 Å². The van der Waals surface area contributed by atoms with E-state index in [2.05, 4.69) is 20.9 Å². The first-order valence-electron chi connectivity index (χ1n) is 6.75. The summed E-state index contributed by atoms with van der Waals surface area (Å²) in [7, 11) is 0. The Labute approximate surface area is 133 Å². The topological polar surface area (TPSA) is 71.8 Å². The van der Waals surface area contributed by atoms with Crippen molar-refractivity contribution in [3.8, 4) is 0 Å². The average molecular weight is 328 g/mol. The van der Waals surface area contributed by atoms with E-state index >= 15 is 0 Å². The summed E-state index contributed by atoms with van der Waals surface area (Å²) in [5, 5.41) is 16.2. The molecule has 0 bridgehead atoms. The summed E-state index contributed by atoms with van der Waals surface area (Å²) in [6, 6.07) is 4.24. The number of hydrogen-bond donors (Lipinski definition) is 2. The molecule has 1 unspecified atom stereocenters. The first kappa shape index (κ1) is 15.9. The van der Waals surface area contributed by atoms with Crippen LogP contribution in [0.5, 0.6) is 0 Å². The van der Waals surface area contributed by atoms with E-state index in [0.29, 0.717) is 12.2 Å². The highest BCUT2D eigenvalue weighted by atomic mass is 35.5. The molecule has 0 radical (unpaired) electrons. The first-order valence-corrected chi connectivity index (χ1v) is 7.63. The molecule has 2 aromatic rings. The molecular formula is C13H18ClN5OS. The molecule has 0 spiro atoms. The van der Waals surface area contributed by atoms with Gasteiger partial charge in [0.05, 0.1) is 12.7 Å². The lowest BCUT2D eigenvalue weighted by atomic mass is 10.1. The van der Waals surface area contributed by atoms with E-state index in [-0.39, 0.29) is 24.4 Å². The Morgan fingerprint density at radius 3 is 3.19 bits per heavy atom. The van der Waals surface area contributed by atoms with Gasteiger partial charge in [-0.05, 0) is 30.8 Å². The number of piperidine rings is 1. The SMILES string of the molecule is Cl.O=C(NC1CCCNC1)c1cn(Cc2cccs2)nn1. The van der Waals surface area contributed by atoms with E-state index in [1.165, 1.54) is 4.88 Å². The molecule has 6 nitrogen and oxygen atoms in total. The number of amides is 1. The molecule has 8 heteroatoms.